The number of ether oxygens (including phenoxy) is 1. The number of benzene rings is 2. The minimum Gasteiger partial charge on any atom is -0.508 e. The van der Waals surface area contributed by atoms with Crippen LogP contribution in [-0.4, -0.2) is 18.3 Å². The van der Waals surface area contributed by atoms with Crippen LogP contribution in [0, 0.1) is 5.82 Å². The fourth-order valence-electron chi connectivity index (χ4n) is 2.30. The Morgan fingerprint density at radius 3 is 2.71 bits per heavy atom. The Balaban J connectivity index is 1.94. The SMILES string of the molecule is COc1ccccc1CC(C)NCc1cc(O)cc(F)c1. The van der Waals surface area contributed by atoms with E-state index in [9.17, 15) is 9.50 Å². The van der Waals surface area contributed by atoms with Crippen LogP contribution in [0.3, 0.4) is 0 Å². The van der Waals surface area contributed by atoms with E-state index in [1.807, 2.05) is 24.3 Å². The highest BCUT2D eigenvalue weighted by Crippen LogP contribution is 2.19. The second-order valence-corrected chi connectivity index (χ2v) is 5.12. The molecular formula is C17H20FNO2. The third-order valence-electron chi connectivity index (χ3n) is 3.32. The molecule has 1 unspecified atom stereocenters. The molecule has 2 aromatic carbocycles. The first-order valence-electron chi connectivity index (χ1n) is 6.92. The Morgan fingerprint density at radius 2 is 2.00 bits per heavy atom. The molecule has 2 N–H and O–H groups in total. The molecule has 0 aliphatic heterocycles. The Labute approximate surface area is 124 Å². The molecule has 0 amide bonds. The maximum absolute atomic E-state index is 13.2. The molecule has 0 spiro atoms. The normalized spacial score (nSPS) is 12.1. The van der Waals surface area contributed by atoms with Gasteiger partial charge in [0.15, 0.2) is 0 Å². The van der Waals surface area contributed by atoms with Gasteiger partial charge in [-0.2, -0.15) is 0 Å². The molecular weight excluding hydrogens is 269 g/mol. The van der Waals surface area contributed by atoms with E-state index in [0.717, 1.165) is 29.4 Å². The molecule has 0 saturated carbocycles. The van der Waals surface area contributed by atoms with Crippen LogP contribution in [0.2, 0.25) is 0 Å². The molecule has 0 aliphatic carbocycles. The van der Waals surface area contributed by atoms with Crippen molar-refractivity contribution < 1.29 is 14.2 Å². The highest BCUT2D eigenvalue weighted by Gasteiger charge is 2.08. The van der Waals surface area contributed by atoms with Crippen molar-refractivity contribution in [2.75, 3.05) is 7.11 Å². The lowest BCUT2D eigenvalue weighted by Crippen LogP contribution is -2.27. The van der Waals surface area contributed by atoms with Crippen molar-refractivity contribution in [1.82, 2.24) is 5.32 Å². The number of phenols is 1. The number of halogens is 1. The average Bonchev–Trinajstić information content (AvgIpc) is 2.45. The molecule has 112 valence electrons. The van der Waals surface area contributed by atoms with Gasteiger partial charge in [-0.1, -0.05) is 18.2 Å². The smallest absolute Gasteiger partial charge is 0.127 e. The third kappa shape index (κ3) is 4.46. The van der Waals surface area contributed by atoms with Gasteiger partial charge in [-0.05, 0) is 42.7 Å². The van der Waals surface area contributed by atoms with E-state index in [1.54, 1.807) is 13.2 Å². The summed E-state index contributed by atoms with van der Waals surface area (Å²) in [5, 5.41) is 12.7. The van der Waals surface area contributed by atoms with Gasteiger partial charge < -0.3 is 15.2 Å². The van der Waals surface area contributed by atoms with Crippen LogP contribution in [0.25, 0.3) is 0 Å². The number of hydrogen-bond donors (Lipinski definition) is 2. The third-order valence-corrected chi connectivity index (χ3v) is 3.32. The number of methoxy groups -OCH3 is 1. The van der Waals surface area contributed by atoms with Crippen molar-refractivity contribution in [2.45, 2.75) is 25.9 Å². The molecule has 1 atom stereocenters. The Kier molecular flexibility index (Phi) is 5.17. The van der Waals surface area contributed by atoms with E-state index >= 15 is 0 Å². The summed E-state index contributed by atoms with van der Waals surface area (Å²) in [5.74, 6) is 0.392. The minimum absolute atomic E-state index is 0.0517. The number of phenolic OH excluding ortho intramolecular Hbond substituents is 1. The van der Waals surface area contributed by atoms with Crippen molar-refractivity contribution in [3.63, 3.8) is 0 Å². The maximum Gasteiger partial charge on any atom is 0.127 e. The maximum atomic E-state index is 13.2. The molecule has 0 aliphatic rings. The van der Waals surface area contributed by atoms with Gasteiger partial charge in [-0.3, -0.25) is 0 Å². The van der Waals surface area contributed by atoms with E-state index in [0.29, 0.717) is 6.54 Å². The van der Waals surface area contributed by atoms with Gasteiger partial charge in [0.25, 0.3) is 0 Å². The highest BCUT2D eigenvalue weighted by molar-refractivity contribution is 5.34. The first kappa shape index (κ1) is 15.3. The summed E-state index contributed by atoms with van der Waals surface area (Å²) in [4.78, 5) is 0. The van der Waals surface area contributed by atoms with Crippen molar-refractivity contribution >= 4 is 0 Å². The molecule has 0 heterocycles. The summed E-state index contributed by atoms with van der Waals surface area (Å²) in [6.45, 7) is 2.56. The van der Waals surface area contributed by atoms with Crippen LogP contribution >= 0.6 is 0 Å². The Bertz CT molecular complexity index is 581. The fourth-order valence-corrected chi connectivity index (χ4v) is 2.30. The lowest BCUT2D eigenvalue weighted by atomic mass is 10.1. The molecule has 3 nitrogen and oxygen atoms in total. The highest BCUT2D eigenvalue weighted by atomic mass is 19.1. The van der Waals surface area contributed by atoms with Gasteiger partial charge in [0.05, 0.1) is 7.11 Å². The average molecular weight is 289 g/mol. The molecule has 0 radical (unpaired) electrons. The van der Waals surface area contributed by atoms with Gasteiger partial charge in [0, 0.05) is 18.7 Å². The van der Waals surface area contributed by atoms with Crippen molar-refractivity contribution in [3.05, 3.63) is 59.4 Å². The molecule has 2 rings (SSSR count). The monoisotopic (exact) mass is 289 g/mol. The first-order chi connectivity index (χ1) is 10.1. The molecule has 21 heavy (non-hydrogen) atoms. The zero-order valence-corrected chi connectivity index (χ0v) is 12.3. The Morgan fingerprint density at radius 1 is 1.24 bits per heavy atom. The van der Waals surface area contributed by atoms with Gasteiger partial charge in [-0.25, -0.2) is 4.39 Å². The predicted molar refractivity (Wildman–Crippen MR) is 81.1 cm³/mol. The summed E-state index contributed by atoms with van der Waals surface area (Å²) < 4.78 is 18.5. The number of aromatic hydroxyl groups is 1. The second kappa shape index (κ2) is 7.09. The molecule has 0 saturated heterocycles. The number of hydrogen-bond acceptors (Lipinski definition) is 3. The predicted octanol–water partition coefficient (Wildman–Crippen LogP) is 3.26. The van der Waals surface area contributed by atoms with Gasteiger partial charge >= 0.3 is 0 Å². The standard InChI is InChI=1S/C17H20FNO2/c1-12(7-14-5-3-4-6-17(14)21-2)19-11-13-8-15(18)10-16(20)9-13/h3-6,8-10,12,19-20H,7,11H2,1-2H3. The van der Waals surface area contributed by atoms with Gasteiger partial charge in [0.2, 0.25) is 0 Å². The number of nitrogens with one attached hydrogen (secondary N) is 1. The quantitative estimate of drug-likeness (QED) is 0.857. The summed E-state index contributed by atoms with van der Waals surface area (Å²) in [5.41, 5.74) is 1.85. The lowest BCUT2D eigenvalue weighted by molar-refractivity contribution is 0.406. The van der Waals surface area contributed by atoms with E-state index in [4.69, 9.17) is 4.74 Å². The van der Waals surface area contributed by atoms with Crippen LogP contribution in [0.4, 0.5) is 4.39 Å². The van der Waals surface area contributed by atoms with E-state index in [2.05, 4.69) is 12.2 Å². The van der Waals surface area contributed by atoms with E-state index in [1.165, 1.54) is 6.07 Å². The van der Waals surface area contributed by atoms with Crippen LogP contribution in [0.15, 0.2) is 42.5 Å². The summed E-state index contributed by atoms with van der Waals surface area (Å²) in [7, 11) is 1.66. The van der Waals surface area contributed by atoms with Crippen LogP contribution < -0.4 is 10.1 Å². The first-order valence-corrected chi connectivity index (χ1v) is 6.92. The zero-order chi connectivity index (χ0) is 15.2. The second-order valence-electron chi connectivity index (χ2n) is 5.12. The lowest BCUT2D eigenvalue weighted by Gasteiger charge is -2.16. The topological polar surface area (TPSA) is 41.5 Å². The summed E-state index contributed by atoms with van der Waals surface area (Å²) >= 11 is 0. The summed E-state index contributed by atoms with van der Waals surface area (Å²) in [6.07, 6.45) is 0.811. The minimum atomic E-state index is -0.427. The van der Waals surface area contributed by atoms with Crippen LogP contribution in [-0.2, 0) is 13.0 Å². The molecule has 0 bridgehead atoms. The van der Waals surface area contributed by atoms with Gasteiger partial charge in [-0.15, -0.1) is 0 Å². The summed E-state index contributed by atoms with van der Waals surface area (Å²) in [6, 6.07) is 12.2. The number of rotatable bonds is 6. The molecule has 0 aromatic heterocycles. The van der Waals surface area contributed by atoms with Crippen molar-refractivity contribution in [2.24, 2.45) is 0 Å². The number of para-hydroxylation sites is 1. The van der Waals surface area contributed by atoms with Crippen molar-refractivity contribution in [1.29, 1.82) is 0 Å². The van der Waals surface area contributed by atoms with Gasteiger partial charge in [0.1, 0.15) is 17.3 Å². The Hall–Kier alpha value is -2.07. The molecule has 0 fully saturated rings. The fraction of sp³-hybridized carbons (Fsp3) is 0.294. The largest absolute Gasteiger partial charge is 0.508 e. The van der Waals surface area contributed by atoms with E-state index < -0.39 is 5.82 Å². The van der Waals surface area contributed by atoms with E-state index in [-0.39, 0.29) is 11.8 Å². The van der Waals surface area contributed by atoms with Crippen LogP contribution in [0.1, 0.15) is 18.1 Å². The molecule has 2 aromatic rings. The molecule has 4 heteroatoms. The van der Waals surface area contributed by atoms with Crippen molar-refractivity contribution in [3.8, 4) is 11.5 Å². The zero-order valence-electron chi connectivity index (χ0n) is 12.3. The van der Waals surface area contributed by atoms with Crippen LogP contribution in [0.5, 0.6) is 11.5 Å².